The minimum Gasteiger partial charge on any atom is -0.477 e. The fraction of sp³-hybridized carbons (Fsp3) is 0.240. The molecule has 1 heterocycles. The van der Waals surface area contributed by atoms with Crippen molar-refractivity contribution in [3.05, 3.63) is 65.5 Å². The van der Waals surface area contributed by atoms with Gasteiger partial charge in [-0.25, -0.2) is 4.79 Å². The second-order valence-electron chi connectivity index (χ2n) is 7.67. The van der Waals surface area contributed by atoms with Crippen LogP contribution in [0.5, 0.6) is 0 Å². The molecule has 0 saturated heterocycles. The van der Waals surface area contributed by atoms with Crippen LogP contribution in [0.3, 0.4) is 0 Å². The van der Waals surface area contributed by atoms with E-state index in [1.807, 2.05) is 69.3 Å². The summed E-state index contributed by atoms with van der Waals surface area (Å²) in [5, 5.41) is 22.3. The van der Waals surface area contributed by atoms with Gasteiger partial charge in [0, 0.05) is 29.9 Å². The monoisotopic (exact) mass is 415 g/mol. The molecular weight excluding hydrogens is 390 g/mol. The number of nitrogens with one attached hydrogen (secondary N) is 1. The molecule has 0 fully saturated rings. The van der Waals surface area contributed by atoms with Gasteiger partial charge < -0.3 is 15.0 Å². The molecule has 0 saturated carbocycles. The fourth-order valence-corrected chi connectivity index (χ4v) is 3.66. The van der Waals surface area contributed by atoms with E-state index in [1.54, 1.807) is 11.6 Å². The molecule has 0 bridgehead atoms. The number of rotatable bonds is 6. The fourth-order valence-electron chi connectivity index (χ4n) is 3.66. The Hall–Kier alpha value is -3.85. The number of hydrogen-bond acceptors (Lipinski definition) is 3. The van der Waals surface area contributed by atoms with E-state index in [2.05, 4.69) is 11.4 Å². The van der Waals surface area contributed by atoms with Crippen LogP contribution >= 0.6 is 0 Å². The lowest BCUT2D eigenvalue weighted by Crippen LogP contribution is -2.17. The number of nitrogens with zero attached hydrogens (tertiary/aromatic N) is 2. The largest absolute Gasteiger partial charge is 0.477 e. The molecule has 0 atom stereocenters. The van der Waals surface area contributed by atoms with Crippen LogP contribution in [0.15, 0.2) is 48.5 Å². The lowest BCUT2D eigenvalue weighted by Gasteiger charge is -2.09. The SMILES string of the molecule is CCc1c(C#N)c(-c2ccc(-c3ccc(NC(=O)C(C)C)cc3)cc2)c(C(=O)O)n1C. The van der Waals surface area contributed by atoms with Crippen LogP contribution in [0.25, 0.3) is 22.3 Å². The summed E-state index contributed by atoms with van der Waals surface area (Å²) in [7, 11) is 1.68. The molecule has 0 aliphatic heterocycles. The number of hydrogen-bond donors (Lipinski definition) is 2. The molecule has 31 heavy (non-hydrogen) atoms. The van der Waals surface area contributed by atoms with Crippen molar-refractivity contribution in [2.45, 2.75) is 27.2 Å². The Balaban J connectivity index is 1.95. The highest BCUT2D eigenvalue weighted by Gasteiger charge is 2.25. The topological polar surface area (TPSA) is 95.1 Å². The van der Waals surface area contributed by atoms with Crippen molar-refractivity contribution in [1.82, 2.24) is 4.57 Å². The molecular formula is C25H25N3O3. The normalized spacial score (nSPS) is 10.7. The average Bonchev–Trinajstić information content (AvgIpc) is 3.05. The minimum atomic E-state index is -1.06. The Bertz CT molecular complexity index is 1160. The third kappa shape index (κ3) is 4.22. The van der Waals surface area contributed by atoms with Gasteiger partial charge in [0.15, 0.2) is 0 Å². The Labute approximate surface area is 181 Å². The number of carbonyl (C=O) groups is 2. The van der Waals surface area contributed by atoms with Gasteiger partial charge in [-0.1, -0.05) is 57.2 Å². The molecule has 158 valence electrons. The third-order valence-electron chi connectivity index (χ3n) is 5.35. The Morgan fingerprint density at radius 3 is 2.00 bits per heavy atom. The summed E-state index contributed by atoms with van der Waals surface area (Å²) in [6.07, 6.45) is 0.567. The summed E-state index contributed by atoms with van der Waals surface area (Å²) in [5.41, 5.74) is 5.02. The van der Waals surface area contributed by atoms with E-state index in [9.17, 15) is 20.0 Å². The maximum absolute atomic E-state index is 11.9. The van der Waals surface area contributed by atoms with Gasteiger partial charge in [0.05, 0.1) is 5.56 Å². The predicted molar refractivity (Wildman–Crippen MR) is 121 cm³/mol. The number of benzene rings is 2. The minimum absolute atomic E-state index is 0.0334. The molecule has 0 radical (unpaired) electrons. The summed E-state index contributed by atoms with van der Waals surface area (Å²) < 4.78 is 1.59. The van der Waals surface area contributed by atoms with Gasteiger partial charge >= 0.3 is 5.97 Å². The van der Waals surface area contributed by atoms with Crippen LogP contribution in [0.2, 0.25) is 0 Å². The molecule has 0 spiro atoms. The second kappa shape index (κ2) is 8.88. The lowest BCUT2D eigenvalue weighted by atomic mass is 9.97. The summed E-state index contributed by atoms with van der Waals surface area (Å²) in [4.78, 5) is 23.7. The number of carboxylic acid groups (broad SMARTS) is 1. The first kappa shape index (κ1) is 21.8. The lowest BCUT2D eigenvalue weighted by molar-refractivity contribution is -0.118. The molecule has 0 aliphatic rings. The van der Waals surface area contributed by atoms with Gasteiger partial charge in [-0.2, -0.15) is 5.26 Å². The Kier molecular flexibility index (Phi) is 6.26. The zero-order chi connectivity index (χ0) is 22.7. The molecule has 1 aromatic heterocycles. The zero-order valence-electron chi connectivity index (χ0n) is 18.1. The van der Waals surface area contributed by atoms with Gasteiger partial charge in [0.1, 0.15) is 11.8 Å². The maximum atomic E-state index is 11.9. The smallest absolute Gasteiger partial charge is 0.353 e. The molecule has 3 aromatic rings. The maximum Gasteiger partial charge on any atom is 0.353 e. The van der Waals surface area contributed by atoms with E-state index in [1.165, 1.54) is 0 Å². The second-order valence-corrected chi connectivity index (χ2v) is 7.67. The first-order valence-electron chi connectivity index (χ1n) is 10.1. The van der Waals surface area contributed by atoms with E-state index in [-0.39, 0.29) is 17.5 Å². The summed E-state index contributed by atoms with van der Waals surface area (Å²) in [6, 6.07) is 17.2. The molecule has 1 amide bonds. The van der Waals surface area contributed by atoms with Crippen LogP contribution < -0.4 is 5.32 Å². The number of aromatic nitrogens is 1. The van der Waals surface area contributed by atoms with Crippen LogP contribution in [-0.2, 0) is 18.3 Å². The van der Waals surface area contributed by atoms with Crippen molar-refractivity contribution < 1.29 is 14.7 Å². The zero-order valence-corrected chi connectivity index (χ0v) is 18.1. The number of aromatic carboxylic acids is 1. The molecule has 6 heteroatoms. The highest BCUT2D eigenvalue weighted by atomic mass is 16.4. The average molecular weight is 415 g/mol. The van der Waals surface area contributed by atoms with Crippen molar-refractivity contribution in [3.63, 3.8) is 0 Å². The van der Waals surface area contributed by atoms with Crippen molar-refractivity contribution in [1.29, 1.82) is 5.26 Å². The van der Waals surface area contributed by atoms with Crippen LogP contribution in [-0.4, -0.2) is 21.6 Å². The number of carbonyl (C=O) groups excluding carboxylic acids is 1. The van der Waals surface area contributed by atoms with Crippen molar-refractivity contribution in [2.24, 2.45) is 13.0 Å². The van der Waals surface area contributed by atoms with Crippen LogP contribution in [0.1, 0.15) is 42.5 Å². The predicted octanol–water partition coefficient (Wildman–Crippen LogP) is 5.09. The van der Waals surface area contributed by atoms with Crippen molar-refractivity contribution in [2.75, 3.05) is 5.32 Å². The highest BCUT2D eigenvalue weighted by Crippen LogP contribution is 2.34. The van der Waals surface area contributed by atoms with E-state index >= 15 is 0 Å². The third-order valence-corrected chi connectivity index (χ3v) is 5.35. The summed E-state index contributed by atoms with van der Waals surface area (Å²) in [6.45, 7) is 5.59. The summed E-state index contributed by atoms with van der Waals surface area (Å²) >= 11 is 0. The van der Waals surface area contributed by atoms with Crippen molar-refractivity contribution >= 4 is 17.6 Å². The molecule has 6 nitrogen and oxygen atoms in total. The van der Waals surface area contributed by atoms with Crippen LogP contribution in [0, 0.1) is 17.2 Å². The number of nitriles is 1. The van der Waals surface area contributed by atoms with E-state index in [0.717, 1.165) is 16.8 Å². The van der Waals surface area contributed by atoms with Gasteiger partial charge in [-0.3, -0.25) is 4.79 Å². The van der Waals surface area contributed by atoms with E-state index < -0.39 is 5.97 Å². The molecule has 2 N–H and O–H groups in total. The number of carboxylic acids is 1. The standard InChI is InChI=1S/C25H25N3O3/c1-5-21-20(14-26)22(23(25(30)31)28(21)4)18-8-6-16(7-9-18)17-10-12-19(13-11-17)27-24(29)15(2)3/h6-13,15H,5H2,1-4H3,(H,27,29)(H,30,31). The first-order valence-corrected chi connectivity index (χ1v) is 10.1. The Morgan fingerprint density at radius 2 is 1.55 bits per heavy atom. The number of anilines is 1. The van der Waals surface area contributed by atoms with E-state index in [4.69, 9.17) is 0 Å². The summed E-state index contributed by atoms with van der Waals surface area (Å²) in [5.74, 6) is -1.18. The van der Waals surface area contributed by atoms with E-state index in [0.29, 0.717) is 28.8 Å². The van der Waals surface area contributed by atoms with Crippen LogP contribution in [0.4, 0.5) is 5.69 Å². The van der Waals surface area contributed by atoms with Crippen molar-refractivity contribution in [3.8, 4) is 28.3 Å². The van der Waals surface area contributed by atoms with Gasteiger partial charge in [0.25, 0.3) is 0 Å². The molecule has 0 aliphatic carbocycles. The van der Waals surface area contributed by atoms with Gasteiger partial charge in [0.2, 0.25) is 5.91 Å². The first-order chi connectivity index (χ1) is 14.8. The van der Waals surface area contributed by atoms with Gasteiger partial charge in [-0.15, -0.1) is 0 Å². The quantitative estimate of drug-likeness (QED) is 0.586. The highest BCUT2D eigenvalue weighted by molar-refractivity contribution is 5.97. The Morgan fingerprint density at radius 1 is 1.03 bits per heavy atom. The van der Waals surface area contributed by atoms with Gasteiger partial charge in [-0.05, 0) is 35.2 Å². The molecule has 3 rings (SSSR count). The molecule has 0 unspecified atom stereocenters. The number of amides is 1. The molecule has 2 aromatic carbocycles.